The van der Waals surface area contributed by atoms with Crippen LogP contribution in [0.3, 0.4) is 0 Å². The molecule has 0 radical (unpaired) electrons. The second-order valence-electron chi connectivity index (χ2n) is 3.90. The number of rotatable bonds is 5. The Kier molecular flexibility index (Phi) is 3.69. The summed E-state index contributed by atoms with van der Waals surface area (Å²) in [5, 5.41) is 11.1. The average Bonchev–Trinajstić information content (AvgIpc) is 2.88. The van der Waals surface area contributed by atoms with Crippen LogP contribution >= 0.6 is 0 Å². The highest BCUT2D eigenvalue weighted by molar-refractivity contribution is 5.90. The summed E-state index contributed by atoms with van der Waals surface area (Å²) in [6.07, 6.45) is 0. The third-order valence-electron chi connectivity index (χ3n) is 2.59. The molecule has 0 atom stereocenters. The molecule has 104 valence electrons. The number of amides is 1. The Hall–Kier alpha value is -2.83. The number of primary amides is 1. The zero-order chi connectivity index (χ0) is 14.7. The molecule has 2 N–H and O–H groups in total. The molecule has 1 amide bonds. The predicted octanol–water partition coefficient (Wildman–Crippen LogP) is 2.35. The van der Waals surface area contributed by atoms with Crippen molar-refractivity contribution >= 4 is 11.6 Å². The molecule has 0 saturated heterocycles. The highest BCUT2D eigenvalue weighted by Crippen LogP contribution is 2.34. The Labute approximate surface area is 114 Å². The quantitative estimate of drug-likeness (QED) is 0.666. The Morgan fingerprint density at radius 3 is 2.70 bits per heavy atom. The van der Waals surface area contributed by atoms with Gasteiger partial charge < -0.3 is 14.9 Å². The molecule has 7 heteroatoms. The number of hydrogen-bond donors (Lipinski definition) is 1. The first kappa shape index (κ1) is 13.6. The molecule has 0 spiro atoms. The summed E-state index contributed by atoms with van der Waals surface area (Å²) in [6, 6.07) is 7.25. The summed E-state index contributed by atoms with van der Waals surface area (Å²) in [6.45, 7) is 2.19. The number of carbonyl (C=O) groups is 1. The summed E-state index contributed by atoms with van der Waals surface area (Å²) < 4.78 is 10.4. The number of ether oxygens (including phenoxy) is 1. The largest absolute Gasteiger partial charge is 0.494 e. The van der Waals surface area contributed by atoms with E-state index in [0.29, 0.717) is 12.4 Å². The predicted molar refractivity (Wildman–Crippen MR) is 70.5 cm³/mol. The van der Waals surface area contributed by atoms with Crippen LogP contribution in [0.1, 0.15) is 17.5 Å². The standard InChI is InChI=1S/C13H12N2O5/c1-2-19-8-3-4-9(10(7-8)15(17)18)11-5-6-12(20-11)13(14)16/h3-7H,2H2,1H3,(H2,14,16). The number of nitrogens with zero attached hydrogens (tertiary/aromatic N) is 1. The lowest BCUT2D eigenvalue weighted by Gasteiger charge is -2.05. The van der Waals surface area contributed by atoms with Crippen molar-refractivity contribution in [1.29, 1.82) is 0 Å². The monoisotopic (exact) mass is 276 g/mol. The molecule has 20 heavy (non-hydrogen) atoms. The zero-order valence-electron chi connectivity index (χ0n) is 10.7. The molecular formula is C13H12N2O5. The minimum absolute atomic E-state index is 0.0526. The highest BCUT2D eigenvalue weighted by Gasteiger charge is 2.20. The summed E-state index contributed by atoms with van der Waals surface area (Å²) in [5.74, 6) is -0.189. The molecular weight excluding hydrogens is 264 g/mol. The maximum absolute atomic E-state index is 11.1. The summed E-state index contributed by atoms with van der Waals surface area (Å²) in [7, 11) is 0. The maximum Gasteiger partial charge on any atom is 0.284 e. The van der Waals surface area contributed by atoms with Crippen LogP contribution in [0.25, 0.3) is 11.3 Å². The van der Waals surface area contributed by atoms with Gasteiger partial charge in [0.1, 0.15) is 11.5 Å². The summed E-state index contributed by atoms with van der Waals surface area (Å²) in [4.78, 5) is 21.5. The van der Waals surface area contributed by atoms with Crippen LogP contribution in [0.4, 0.5) is 5.69 Å². The number of hydrogen-bond acceptors (Lipinski definition) is 5. The third-order valence-corrected chi connectivity index (χ3v) is 2.59. The smallest absolute Gasteiger partial charge is 0.284 e. The summed E-state index contributed by atoms with van der Waals surface area (Å²) in [5.41, 5.74) is 5.17. The minimum Gasteiger partial charge on any atom is -0.494 e. The van der Waals surface area contributed by atoms with Gasteiger partial charge in [0.05, 0.1) is 23.2 Å². The normalized spacial score (nSPS) is 10.2. The van der Waals surface area contributed by atoms with Crippen molar-refractivity contribution in [2.45, 2.75) is 6.92 Å². The van der Waals surface area contributed by atoms with Crippen LogP contribution < -0.4 is 10.5 Å². The highest BCUT2D eigenvalue weighted by atomic mass is 16.6. The molecule has 1 aromatic carbocycles. The molecule has 0 bridgehead atoms. The van der Waals surface area contributed by atoms with E-state index < -0.39 is 10.8 Å². The number of nitro benzene ring substituents is 1. The van der Waals surface area contributed by atoms with Crippen LogP contribution in [-0.2, 0) is 0 Å². The Balaban J connectivity index is 2.49. The fraction of sp³-hybridized carbons (Fsp3) is 0.154. The lowest BCUT2D eigenvalue weighted by atomic mass is 10.1. The van der Waals surface area contributed by atoms with Gasteiger partial charge in [0, 0.05) is 0 Å². The lowest BCUT2D eigenvalue weighted by molar-refractivity contribution is -0.384. The molecule has 0 unspecified atom stereocenters. The number of carbonyl (C=O) groups excluding carboxylic acids is 1. The number of nitrogens with two attached hydrogens (primary N) is 1. The van der Waals surface area contributed by atoms with Crippen LogP contribution in [0.5, 0.6) is 5.75 Å². The van der Waals surface area contributed by atoms with Crippen molar-refractivity contribution in [2.75, 3.05) is 6.61 Å². The van der Waals surface area contributed by atoms with Crippen molar-refractivity contribution in [3.05, 3.63) is 46.2 Å². The Morgan fingerprint density at radius 1 is 1.40 bits per heavy atom. The molecule has 0 aliphatic rings. The van der Waals surface area contributed by atoms with E-state index in [1.807, 2.05) is 0 Å². The van der Waals surface area contributed by atoms with E-state index in [1.54, 1.807) is 13.0 Å². The van der Waals surface area contributed by atoms with E-state index in [-0.39, 0.29) is 22.8 Å². The molecule has 2 rings (SSSR count). The van der Waals surface area contributed by atoms with Crippen LogP contribution in [0.15, 0.2) is 34.7 Å². The fourth-order valence-electron chi connectivity index (χ4n) is 1.74. The zero-order valence-corrected chi connectivity index (χ0v) is 10.7. The van der Waals surface area contributed by atoms with E-state index in [0.717, 1.165) is 0 Å². The molecule has 0 fully saturated rings. The first-order chi connectivity index (χ1) is 9.52. The van der Waals surface area contributed by atoms with Crippen molar-refractivity contribution in [1.82, 2.24) is 0 Å². The van der Waals surface area contributed by atoms with E-state index in [2.05, 4.69) is 0 Å². The molecule has 0 aliphatic carbocycles. The van der Waals surface area contributed by atoms with Gasteiger partial charge in [0.25, 0.3) is 11.6 Å². The van der Waals surface area contributed by atoms with Crippen LogP contribution in [0, 0.1) is 10.1 Å². The van der Waals surface area contributed by atoms with E-state index in [9.17, 15) is 14.9 Å². The maximum atomic E-state index is 11.1. The minimum atomic E-state index is -0.732. The van der Waals surface area contributed by atoms with Crippen molar-refractivity contribution in [3.63, 3.8) is 0 Å². The number of nitro groups is 1. The van der Waals surface area contributed by atoms with Crippen molar-refractivity contribution in [3.8, 4) is 17.1 Å². The van der Waals surface area contributed by atoms with Gasteiger partial charge in [-0.2, -0.15) is 0 Å². The SMILES string of the molecule is CCOc1ccc(-c2ccc(C(N)=O)o2)c([N+](=O)[O-])c1. The molecule has 0 aliphatic heterocycles. The van der Waals surface area contributed by atoms with Crippen LogP contribution in [0.2, 0.25) is 0 Å². The number of benzene rings is 1. The Morgan fingerprint density at radius 2 is 2.15 bits per heavy atom. The second kappa shape index (κ2) is 5.43. The molecule has 1 heterocycles. The van der Waals surface area contributed by atoms with Gasteiger partial charge in [-0.25, -0.2) is 0 Å². The Bertz CT molecular complexity index is 663. The van der Waals surface area contributed by atoms with Crippen LogP contribution in [-0.4, -0.2) is 17.4 Å². The average molecular weight is 276 g/mol. The van der Waals surface area contributed by atoms with Gasteiger partial charge in [-0.15, -0.1) is 0 Å². The first-order valence-electron chi connectivity index (χ1n) is 5.84. The van der Waals surface area contributed by atoms with Crippen molar-refractivity contribution in [2.24, 2.45) is 5.73 Å². The molecule has 7 nitrogen and oxygen atoms in total. The van der Waals surface area contributed by atoms with E-state index >= 15 is 0 Å². The fourth-order valence-corrected chi connectivity index (χ4v) is 1.74. The van der Waals surface area contributed by atoms with Gasteiger partial charge in [-0.05, 0) is 31.2 Å². The molecule has 0 saturated carbocycles. The van der Waals surface area contributed by atoms with E-state index in [4.69, 9.17) is 14.9 Å². The molecule has 2 aromatic rings. The third kappa shape index (κ3) is 2.61. The van der Waals surface area contributed by atoms with E-state index in [1.165, 1.54) is 24.3 Å². The van der Waals surface area contributed by atoms with Crippen molar-refractivity contribution < 1.29 is 18.9 Å². The van der Waals surface area contributed by atoms with Gasteiger partial charge in [0.2, 0.25) is 0 Å². The van der Waals surface area contributed by atoms with Gasteiger partial charge >= 0.3 is 0 Å². The lowest BCUT2D eigenvalue weighted by Crippen LogP contribution is -2.09. The van der Waals surface area contributed by atoms with Gasteiger partial charge in [-0.3, -0.25) is 14.9 Å². The topological polar surface area (TPSA) is 109 Å². The van der Waals surface area contributed by atoms with Gasteiger partial charge in [0.15, 0.2) is 5.76 Å². The molecule has 1 aromatic heterocycles. The number of furan rings is 1. The first-order valence-corrected chi connectivity index (χ1v) is 5.84. The van der Waals surface area contributed by atoms with Gasteiger partial charge in [-0.1, -0.05) is 0 Å². The summed E-state index contributed by atoms with van der Waals surface area (Å²) >= 11 is 0. The second-order valence-corrected chi connectivity index (χ2v) is 3.90.